The quantitative estimate of drug-likeness (QED) is 0.308. The van der Waals surface area contributed by atoms with Crippen molar-refractivity contribution in [2.75, 3.05) is 0 Å². The van der Waals surface area contributed by atoms with Gasteiger partial charge < -0.3 is 0 Å². The zero-order chi connectivity index (χ0) is 12.8. The molecular formula is C13H10NO3Se. The minimum absolute atomic E-state index is 0.337. The molecule has 2 aromatic carbocycles. The molecule has 0 aromatic heterocycles. The van der Waals surface area contributed by atoms with Crippen molar-refractivity contribution in [3.8, 4) is 0 Å². The average Bonchev–Trinajstić information content (AvgIpc) is 2.41. The molecule has 0 heterocycles. The number of nitrogens with zero attached hydrogens (tertiary/aromatic N) is 1. The second-order valence-electron chi connectivity index (χ2n) is 3.41. The van der Waals surface area contributed by atoms with Gasteiger partial charge in [-0.3, -0.25) is 0 Å². The van der Waals surface area contributed by atoms with Crippen LogP contribution < -0.4 is 4.46 Å². The van der Waals surface area contributed by atoms with Crippen LogP contribution in [0.25, 0.3) is 0 Å². The third-order valence-corrected chi connectivity index (χ3v) is 3.51. The average molecular weight is 307 g/mol. The molecule has 0 aliphatic carbocycles. The Morgan fingerprint density at radius 3 is 2.44 bits per heavy atom. The third kappa shape index (κ3) is 3.18. The molecule has 0 unspecified atom stereocenters. The monoisotopic (exact) mass is 308 g/mol. The van der Waals surface area contributed by atoms with E-state index in [1.165, 1.54) is 0 Å². The van der Waals surface area contributed by atoms with Crippen molar-refractivity contribution in [1.82, 2.24) is 0 Å². The van der Waals surface area contributed by atoms with Crippen LogP contribution in [0.4, 0.5) is 5.69 Å². The molecule has 0 saturated carbocycles. The number of benzene rings is 2. The van der Waals surface area contributed by atoms with E-state index in [4.69, 9.17) is 5.26 Å². The van der Waals surface area contributed by atoms with Crippen LogP contribution in [-0.2, 0) is 9.08 Å². The maximum atomic E-state index is 12.0. The Labute approximate surface area is 111 Å². The number of hydrogen-bond donors (Lipinski definition) is 1. The molecule has 91 valence electrons. The first-order valence-corrected chi connectivity index (χ1v) is 6.75. The fourth-order valence-electron chi connectivity index (χ4n) is 1.44. The van der Waals surface area contributed by atoms with Crippen molar-refractivity contribution in [3.63, 3.8) is 0 Å². The predicted molar refractivity (Wildman–Crippen MR) is 68.9 cm³/mol. The Balaban J connectivity index is 2.34. The molecule has 0 aliphatic rings. The second kappa shape index (κ2) is 6.33. The van der Waals surface area contributed by atoms with Gasteiger partial charge in [0.15, 0.2) is 0 Å². The molecule has 0 amide bonds. The zero-order valence-electron chi connectivity index (χ0n) is 9.32. The first-order chi connectivity index (χ1) is 8.81. The van der Waals surface area contributed by atoms with E-state index in [0.29, 0.717) is 15.7 Å². The van der Waals surface area contributed by atoms with E-state index >= 15 is 0 Å². The standard InChI is InChI=1S/C13H10NO3Se/c15-13(14-10-6-2-1-3-7-10)11-8-4-5-9-12(11)18-17-16/h1-9,16H. The van der Waals surface area contributed by atoms with Crippen LogP contribution in [0.3, 0.4) is 0 Å². The number of aliphatic imine (C=N–C) groups is 1. The number of para-hydroxylation sites is 1. The van der Waals surface area contributed by atoms with Gasteiger partial charge in [-0.2, -0.15) is 0 Å². The maximum absolute atomic E-state index is 12.0. The van der Waals surface area contributed by atoms with Gasteiger partial charge in [0, 0.05) is 0 Å². The van der Waals surface area contributed by atoms with Crippen molar-refractivity contribution < 1.29 is 14.3 Å². The van der Waals surface area contributed by atoms with Gasteiger partial charge in [-0.1, -0.05) is 0 Å². The van der Waals surface area contributed by atoms with Crippen LogP contribution in [-0.4, -0.2) is 26.4 Å². The Kier molecular flexibility index (Phi) is 4.50. The normalized spacial score (nSPS) is 11.5. The summed E-state index contributed by atoms with van der Waals surface area (Å²) in [4.78, 5) is 4.01. The van der Waals surface area contributed by atoms with Crippen LogP contribution in [0.1, 0.15) is 5.56 Å². The summed E-state index contributed by atoms with van der Waals surface area (Å²) in [6, 6.07) is 16.0. The first-order valence-electron chi connectivity index (χ1n) is 5.19. The summed E-state index contributed by atoms with van der Waals surface area (Å²) in [6.07, 6.45) is 0. The minimum atomic E-state index is -0.599. The first kappa shape index (κ1) is 12.8. The van der Waals surface area contributed by atoms with Gasteiger partial charge in [0.1, 0.15) is 0 Å². The van der Waals surface area contributed by atoms with E-state index in [1.54, 1.807) is 36.4 Å². The Hall–Kier alpha value is -1.65. The SMILES string of the molecule is [O]C(=Nc1ccccc1)c1ccccc1[Se]OO. The molecule has 4 nitrogen and oxygen atoms in total. The summed E-state index contributed by atoms with van der Waals surface area (Å²) in [5.74, 6) is -0.337. The van der Waals surface area contributed by atoms with Crippen LogP contribution in [0.5, 0.6) is 0 Å². The van der Waals surface area contributed by atoms with E-state index in [0.717, 1.165) is 0 Å². The fraction of sp³-hybridized carbons (Fsp3) is 0. The second-order valence-corrected chi connectivity index (χ2v) is 4.99. The van der Waals surface area contributed by atoms with E-state index in [9.17, 15) is 5.11 Å². The molecule has 0 spiro atoms. The van der Waals surface area contributed by atoms with Crippen LogP contribution in [0, 0.1) is 0 Å². The molecule has 18 heavy (non-hydrogen) atoms. The summed E-state index contributed by atoms with van der Waals surface area (Å²) in [5, 5.41) is 20.5. The van der Waals surface area contributed by atoms with Gasteiger partial charge in [-0.05, 0) is 0 Å². The molecule has 0 saturated heterocycles. The predicted octanol–water partition coefficient (Wildman–Crippen LogP) is 1.93. The van der Waals surface area contributed by atoms with Crippen molar-refractivity contribution in [2.24, 2.45) is 4.99 Å². The van der Waals surface area contributed by atoms with Crippen molar-refractivity contribution in [3.05, 3.63) is 60.2 Å². The molecule has 1 radical (unpaired) electrons. The van der Waals surface area contributed by atoms with Gasteiger partial charge >= 0.3 is 111 Å². The van der Waals surface area contributed by atoms with Gasteiger partial charge in [-0.25, -0.2) is 0 Å². The summed E-state index contributed by atoms with van der Waals surface area (Å²) in [5.41, 5.74) is 1.06. The molecule has 0 bridgehead atoms. The van der Waals surface area contributed by atoms with Gasteiger partial charge in [-0.15, -0.1) is 0 Å². The third-order valence-electron chi connectivity index (χ3n) is 2.23. The molecule has 0 atom stereocenters. The molecule has 2 aromatic rings. The van der Waals surface area contributed by atoms with E-state index in [-0.39, 0.29) is 5.90 Å². The van der Waals surface area contributed by atoms with Crippen LogP contribution in [0.2, 0.25) is 0 Å². The Morgan fingerprint density at radius 1 is 1.06 bits per heavy atom. The van der Waals surface area contributed by atoms with Crippen LogP contribution in [0.15, 0.2) is 59.6 Å². The van der Waals surface area contributed by atoms with Gasteiger partial charge in [0.25, 0.3) is 0 Å². The topological polar surface area (TPSA) is 61.7 Å². The van der Waals surface area contributed by atoms with Gasteiger partial charge in [0.2, 0.25) is 0 Å². The molecule has 2 rings (SSSR count). The van der Waals surface area contributed by atoms with Crippen molar-refractivity contribution in [2.45, 2.75) is 0 Å². The zero-order valence-corrected chi connectivity index (χ0v) is 11.0. The van der Waals surface area contributed by atoms with E-state index in [2.05, 4.69) is 8.96 Å². The Morgan fingerprint density at radius 2 is 1.72 bits per heavy atom. The number of rotatable bonds is 4. The molecule has 5 heteroatoms. The number of hydrogen-bond acceptors (Lipinski definition) is 3. The van der Waals surface area contributed by atoms with E-state index in [1.807, 2.05) is 18.2 Å². The van der Waals surface area contributed by atoms with Crippen molar-refractivity contribution >= 4 is 31.3 Å². The summed E-state index contributed by atoms with van der Waals surface area (Å²) in [6.45, 7) is 0. The fourth-order valence-corrected chi connectivity index (χ4v) is 2.40. The molecular weight excluding hydrogens is 297 g/mol. The molecule has 0 aliphatic heterocycles. The van der Waals surface area contributed by atoms with E-state index < -0.39 is 15.3 Å². The van der Waals surface area contributed by atoms with Crippen LogP contribution >= 0.6 is 0 Å². The molecule has 0 fully saturated rings. The Bertz CT molecular complexity index is 543. The summed E-state index contributed by atoms with van der Waals surface area (Å²) >= 11 is -0.599. The van der Waals surface area contributed by atoms with Gasteiger partial charge in [0.05, 0.1) is 0 Å². The summed E-state index contributed by atoms with van der Waals surface area (Å²) < 4.78 is 4.80. The summed E-state index contributed by atoms with van der Waals surface area (Å²) in [7, 11) is 0. The molecule has 1 N–H and O–H groups in total. The van der Waals surface area contributed by atoms with Crippen molar-refractivity contribution in [1.29, 1.82) is 0 Å².